The summed E-state index contributed by atoms with van der Waals surface area (Å²) in [6.45, 7) is 0. The van der Waals surface area contributed by atoms with Crippen LogP contribution in [0.15, 0.2) is 18.5 Å². The van der Waals surface area contributed by atoms with Crippen LogP contribution in [0.2, 0.25) is 0 Å². The number of halogens is 3. The molecule has 0 saturated carbocycles. The monoisotopic (exact) mass is 298 g/mol. The molecule has 0 atom stereocenters. The molecule has 1 heterocycles. The van der Waals surface area contributed by atoms with E-state index in [0.29, 0.717) is 5.69 Å². The molecule has 19 heavy (non-hydrogen) atoms. The Kier molecular flexibility index (Phi) is 5.66. The van der Waals surface area contributed by atoms with Gasteiger partial charge in [-0.2, -0.15) is 13.2 Å². The van der Waals surface area contributed by atoms with Crippen molar-refractivity contribution in [3.63, 3.8) is 0 Å². The lowest BCUT2D eigenvalue weighted by atomic mass is 10.3. The molecule has 0 aromatic carbocycles. The van der Waals surface area contributed by atoms with Crippen LogP contribution >= 0.6 is 0 Å². The molecule has 0 radical (unpaired) electrons. The summed E-state index contributed by atoms with van der Waals surface area (Å²) in [5, 5.41) is 8.53. The Morgan fingerprint density at radius 1 is 1.42 bits per heavy atom. The standard InChI is InChI=1S/C7H9N4.CHF3O3S/c1-11(2)7-3-4-9-5-6(7)10-8;2-1(3,4)8(5,6)7/h3-5H,1-2H3;(H,5,6,7)/q+1;/p-1. The predicted molar refractivity (Wildman–Crippen MR) is 59.1 cm³/mol. The molecule has 0 fully saturated rings. The van der Waals surface area contributed by atoms with E-state index < -0.39 is 15.6 Å². The van der Waals surface area contributed by atoms with Crippen molar-refractivity contribution in [2.24, 2.45) is 0 Å². The van der Waals surface area contributed by atoms with Gasteiger partial charge in [-0.15, -0.1) is 0 Å². The molecule has 0 bridgehead atoms. The third-order valence-corrected chi connectivity index (χ3v) is 2.22. The van der Waals surface area contributed by atoms with Crippen LogP contribution in [0.5, 0.6) is 0 Å². The van der Waals surface area contributed by atoms with Crippen molar-refractivity contribution in [2.45, 2.75) is 5.51 Å². The van der Waals surface area contributed by atoms with Gasteiger partial charge >= 0.3 is 11.2 Å². The number of diazo groups is 1. The predicted octanol–water partition coefficient (Wildman–Crippen LogP) is 1.68. The fourth-order valence-electron chi connectivity index (χ4n) is 0.834. The van der Waals surface area contributed by atoms with Gasteiger partial charge in [0.2, 0.25) is 5.39 Å². The first-order valence-electron chi connectivity index (χ1n) is 4.49. The Balaban J connectivity index is 0.000000362. The van der Waals surface area contributed by atoms with Crippen LogP contribution in [0.25, 0.3) is 4.98 Å². The number of aromatic nitrogens is 1. The summed E-state index contributed by atoms with van der Waals surface area (Å²) >= 11 is 0. The summed E-state index contributed by atoms with van der Waals surface area (Å²) in [5.41, 5.74) is -4.31. The van der Waals surface area contributed by atoms with Gasteiger partial charge < -0.3 is 9.45 Å². The number of rotatable bonds is 1. The summed E-state index contributed by atoms with van der Waals surface area (Å²) < 4.78 is 58.9. The molecule has 7 nitrogen and oxygen atoms in total. The van der Waals surface area contributed by atoms with Gasteiger partial charge in [0.05, 0.1) is 0 Å². The molecule has 0 amide bonds. The van der Waals surface area contributed by atoms with Crippen molar-refractivity contribution in [1.29, 1.82) is 5.39 Å². The minimum Gasteiger partial charge on any atom is -0.741 e. The first-order chi connectivity index (χ1) is 8.50. The topological polar surface area (TPSA) is 101 Å². The summed E-state index contributed by atoms with van der Waals surface area (Å²) in [7, 11) is -2.33. The average Bonchev–Trinajstić information content (AvgIpc) is 2.27. The third-order valence-electron chi connectivity index (χ3n) is 1.65. The molecular formula is C8H9F3N4O3S. The van der Waals surface area contributed by atoms with E-state index in [0.717, 1.165) is 5.69 Å². The highest BCUT2D eigenvalue weighted by Gasteiger charge is 2.36. The lowest BCUT2D eigenvalue weighted by molar-refractivity contribution is -0.0517. The molecule has 0 aliphatic heterocycles. The summed E-state index contributed by atoms with van der Waals surface area (Å²) in [6, 6.07) is 1.79. The molecule has 106 valence electrons. The minimum atomic E-state index is -6.09. The van der Waals surface area contributed by atoms with Crippen LogP contribution in [-0.2, 0) is 10.1 Å². The van der Waals surface area contributed by atoms with Gasteiger partial charge in [-0.05, 0) is 6.07 Å². The van der Waals surface area contributed by atoms with E-state index in [1.807, 2.05) is 19.0 Å². The zero-order valence-corrected chi connectivity index (χ0v) is 10.6. The number of alkyl halides is 3. The second-order valence-electron chi connectivity index (χ2n) is 3.26. The van der Waals surface area contributed by atoms with Crippen LogP contribution in [-0.4, -0.2) is 37.6 Å². The van der Waals surface area contributed by atoms with Crippen LogP contribution in [0.1, 0.15) is 0 Å². The number of nitrogens with zero attached hydrogens (tertiary/aromatic N) is 4. The first-order valence-corrected chi connectivity index (χ1v) is 5.90. The highest BCUT2D eigenvalue weighted by atomic mass is 32.2. The normalized spacial score (nSPS) is 11.0. The second kappa shape index (κ2) is 6.30. The van der Waals surface area contributed by atoms with Gasteiger partial charge in [0.15, 0.2) is 15.1 Å². The van der Waals surface area contributed by atoms with Crippen LogP contribution in [0.4, 0.5) is 24.5 Å². The van der Waals surface area contributed by atoms with Gasteiger partial charge in [0.25, 0.3) is 0 Å². The Bertz CT molecular complexity index is 565. The van der Waals surface area contributed by atoms with E-state index in [1.165, 1.54) is 6.20 Å². The highest BCUT2D eigenvalue weighted by molar-refractivity contribution is 7.86. The van der Waals surface area contributed by atoms with Crippen molar-refractivity contribution < 1.29 is 26.1 Å². The smallest absolute Gasteiger partial charge is 0.485 e. The maximum atomic E-state index is 10.7. The molecular weight excluding hydrogens is 289 g/mol. The van der Waals surface area contributed by atoms with Gasteiger partial charge in [0.1, 0.15) is 11.9 Å². The van der Waals surface area contributed by atoms with E-state index in [9.17, 15) is 13.2 Å². The van der Waals surface area contributed by atoms with Crippen molar-refractivity contribution in [3.8, 4) is 0 Å². The van der Waals surface area contributed by atoms with Crippen LogP contribution in [0, 0.1) is 5.39 Å². The third kappa shape index (κ3) is 5.49. The summed E-state index contributed by atoms with van der Waals surface area (Å²) in [4.78, 5) is 8.76. The van der Waals surface area contributed by atoms with Crippen molar-refractivity contribution in [2.75, 3.05) is 19.0 Å². The largest absolute Gasteiger partial charge is 0.741 e. The van der Waals surface area contributed by atoms with Crippen molar-refractivity contribution in [1.82, 2.24) is 4.98 Å². The van der Waals surface area contributed by atoms with Gasteiger partial charge in [0, 0.05) is 20.3 Å². The maximum Gasteiger partial charge on any atom is 0.485 e. The lowest BCUT2D eigenvalue weighted by Crippen LogP contribution is -2.21. The molecule has 1 aromatic rings. The molecule has 0 spiro atoms. The second-order valence-corrected chi connectivity index (χ2v) is 4.63. The molecule has 0 aliphatic rings. The van der Waals surface area contributed by atoms with Gasteiger partial charge in [-0.25, -0.2) is 8.42 Å². The Morgan fingerprint density at radius 2 is 1.89 bits per heavy atom. The zero-order valence-electron chi connectivity index (χ0n) is 9.79. The molecule has 11 heteroatoms. The molecule has 0 saturated heterocycles. The Labute approximate surface area is 107 Å². The average molecular weight is 298 g/mol. The maximum absolute atomic E-state index is 10.7. The zero-order chi connectivity index (χ0) is 15.3. The van der Waals surface area contributed by atoms with Crippen molar-refractivity contribution >= 4 is 21.5 Å². The molecule has 0 aliphatic carbocycles. The number of anilines is 1. The summed E-state index contributed by atoms with van der Waals surface area (Å²) in [5.74, 6) is 0. The van der Waals surface area contributed by atoms with Gasteiger partial charge in [-0.1, -0.05) is 0 Å². The SMILES string of the molecule is CN(C)c1ccncc1[N+]#N.O=S(=O)([O-])C(F)(F)F. The molecule has 0 unspecified atom stereocenters. The lowest BCUT2D eigenvalue weighted by Gasteiger charge is -2.08. The Hall–Kier alpha value is -1.93. The van der Waals surface area contributed by atoms with E-state index in [1.54, 1.807) is 12.3 Å². The van der Waals surface area contributed by atoms with Crippen LogP contribution in [0.3, 0.4) is 0 Å². The quantitative estimate of drug-likeness (QED) is 0.444. The molecule has 1 aromatic heterocycles. The minimum absolute atomic E-state index is 0.484. The highest BCUT2D eigenvalue weighted by Crippen LogP contribution is 2.24. The van der Waals surface area contributed by atoms with Gasteiger partial charge in [-0.3, -0.25) is 4.98 Å². The van der Waals surface area contributed by atoms with E-state index >= 15 is 0 Å². The number of hydrogen-bond donors (Lipinski definition) is 0. The number of pyridine rings is 1. The fourth-order valence-corrected chi connectivity index (χ4v) is 0.834. The van der Waals surface area contributed by atoms with Crippen LogP contribution < -0.4 is 4.90 Å². The molecule has 1 rings (SSSR count). The van der Waals surface area contributed by atoms with E-state index in [-0.39, 0.29) is 0 Å². The number of hydrogen-bond acceptors (Lipinski definition) is 6. The van der Waals surface area contributed by atoms with E-state index in [2.05, 4.69) is 9.96 Å². The molecule has 0 N–H and O–H groups in total. The van der Waals surface area contributed by atoms with Crippen molar-refractivity contribution in [3.05, 3.63) is 23.4 Å². The fraction of sp³-hybridized carbons (Fsp3) is 0.375. The Morgan fingerprint density at radius 3 is 2.16 bits per heavy atom. The summed E-state index contributed by atoms with van der Waals surface area (Å²) in [6.07, 6.45) is 3.17. The van der Waals surface area contributed by atoms with E-state index in [4.69, 9.17) is 18.4 Å². The first kappa shape index (κ1) is 17.1.